The number of rotatable bonds is 2. The zero-order valence-corrected chi connectivity index (χ0v) is 10.6. The zero-order valence-electron chi connectivity index (χ0n) is 10.6. The average Bonchev–Trinajstić information content (AvgIpc) is 2.55. The highest BCUT2D eigenvalue weighted by Gasteiger charge is 2.15. The molecule has 1 heterocycles. The highest BCUT2D eigenvalue weighted by atomic mass is 16.3. The summed E-state index contributed by atoms with van der Waals surface area (Å²) in [5.74, 6) is 1.49. The molecular weight excluding hydrogens is 212 g/mol. The number of carbonyl (C=O) groups excluding carboxylic acids is 1. The number of hydrogen-bond donors (Lipinski definition) is 0. The normalized spacial score (nSPS) is 10.6. The summed E-state index contributed by atoms with van der Waals surface area (Å²) >= 11 is 0. The van der Waals surface area contributed by atoms with Crippen LogP contribution >= 0.6 is 0 Å². The molecule has 88 valence electrons. The molecular formula is C15H16O2. The molecule has 0 spiro atoms. The summed E-state index contributed by atoms with van der Waals surface area (Å²) in [6.45, 7) is 7.67. The molecule has 2 heteroatoms. The predicted molar refractivity (Wildman–Crippen MR) is 67.5 cm³/mol. The lowest BCUT2D eigenvalue weighted by molar-refractivity contribution is 0.103. The second kappa shape index (κ2) is 4.21. The van der Waals surface area contributed by atoms with Crippen LogP contribution in [0.2, 0.25) is 0 Å². The van der Waals surface area contributed by atoms with Crippen molar-refractivity contribution in [3.05, 3.63) is 58.0 Å². The Balaban J connectivity index is 2.47. The Morgan fingerprint density at radius 3 is 2.00 bits per heavy atom. The second-order valence-electron chi connectivity index (χ2n) is 4.53. The van der Waals surface area contributed by atoms with Gasteiger partial charge in [-0.1, -0.05) is 17.2 Å². The first-order valence-corrected chi connectivity index (χ1v) is 5.67. The molecule has 0 radical (unpaired) electrons. The van der Waals surface area contributed by atoms with Crippen molar-refractivity contribution in [3.8, 4) is 0 Å². The van der Waals surface area contributed by atoms with Crippen LogP contribution in [-0.2, 0) is 0 Å². The van der Waals surface area contributed by atoms with Crippen molar-refractivity contribution in [2.45, 2.75) is 27.7 Å². The van der Waals surface area contributed by atoms with E-state index in [1.54, 1.807) is 6.07 Å². The minimum atomic E-state index is 0.0335. The first kappa shape index (κ1) is 11.6. The van der Waals surface area contributed by atoms with E-state index in [-0.39, 0.29) is 5.78 Å². The van der Waals surface area contributed by atoms with Gasteiger partial charge in [-0.2, -0.15) is 0 Å². The van der Waals surface area contributed by atoms with E-state index in [4.69, 9.17) is 4.42 Å². The fraction of sp³-hybridized carbons (Fsp3) is 0.267. The Morgan fingerprint density at radius 1 is 0.941 bits per heavy atom. The van der Waals surface area contributed by atoms with E-state index in [0.29, 0.717) is 11.3 Å². The number of carbonyl (C=O) groups is 1. The largest absolute Gasteiger partial charge is 0.466 e. The van der Waals surface area contributed by atoms with Crippen LogP contribution in [0.1, 0.15) is 38.6 Å². The van der Waals surface area contributed by atoms with Crippen molar-refractivity contribution >= 4 is 5.78 Å². The van der Waals surface area contributed by atoms with Gasteiger partial charge in [0, 0.05) is 5.56 Å². The predicted octanol–water partition coefficient (Wildman–Crippen LogP) is 3.74. The van der Waals surface area contributed by atoms with E-state index in [1.165, 1.54) is 0 Å². The topological polar surface area (TPSA) is 30.2 Å². The summed E-state index contributed by atoms with van der Waals surface area (Å²) < 4.78 is 5.40. The Bertz CT molecular complexity index is 556. The molecule has 0 atom stereocenters. The minimum Gasteiger partial charge on any atom is -0.466 e. The third kappa shape index (κ3) is 2.31. The minimum absolute atomic E-state index is 0.0335. The molecule has 1 aromatic carbocycles. The molecule has 1 aromatic heterocycles. The third-order valence-corrected chi connectivity index (χ3v) is 2.77. The van der Waals surface area contributed by atoms with Gasteiger partial charge in [0.05, 0.1) is 5.56 Å². The number of hydrogen-bond acceptors (Lipinski definition) is 2. The molecule has 0 unspecified atom stereocenters. The van der Waals surface area contributed by atoms with Crippen molar-refractivity contribution in [2.75, 3.05) is 0 Å². The summed E-state index contributed by atoms with van der Waals surface area (Å²) in [7, 11) is 0. The summed E-state index contributed by atoms with van der Waals surface area (Å²) in [5.41, 5.74) is 3.59. The van der Waals surface area contributed by atoms with Crippen LogP contribution in [0.25, 0.3) is 0 Å². The van der Waals surface area contributed by atoms with E-state index < -0.39 is 0 Å². The molecule has 2 nitrogen and oxygen atoms in total. The van der Waals surface area contributed by atoms with Crippen molar-refractivity contribution < 1.29 is 9.21 Å². The van der Waals surface area contributed by atoms with Crippen LogP contribution in [0.5, 0.6) is 0 Å². The maximum Gasteiger partial charge on any atom is 0.196 e. The van der Waals surface area contributed by atoms with E-state index in [9.17, 15) is 4.79 Å². The van der Waals surface area contributed by atoms with Gasteiger partial charge in [0.15, 0.2) is 5.78 Å². The molecule has 0 amide bonds. The van der Waals surface area contributed by atoms with E-state index in [1.807, 2.05) is 39.8 Å². The highest BCUT2D eigenvalue weighted by Crippen LogP contribution is 2.19. The maximum absolute atomic E-state index is 12.3. The molecule has 0 N–H and O–H groups in total. The molecule has 2 aromatic rings. The van der Waals surface area contributed by atoms with Gasteiger partial charge < -0.3 is 4.42 Å². The van der Waals surface area contributed by atoms with Crippen molar-refractivity contribution in [1.82, 2.24) is 0 Å². The first-order chi connectivity index (χ1) is 7.97. The summed E-state index contributed by atoms with van der Waals surface area (Å²) in [5, 5.41) is 0. The monoisotopic (exact) mass is 228 g/mol. The molecule has 0 saturated heterocycles. The molecule has 0 aliphatic rings. The van der Waals surface area contributed by atoms with Crippen molar-refractivity contribution in [3.63, 3.8) is 0 Å². The lowest BCUT2D eigenvalue weighted by Gasteiger charge is -2.03. The quantitative estimate of drug-likeness (QED) is 0.733. The molecule has 17 heavy (non-hydrogen) atoms. The van der Waals surface area contributed by atoms with Crippen LogP contribution in [-0.4, -0.2) is 5.78 Å². The van der Waals surface area contributed by atoms with Crippen molar-refractivity contribution in [1.29, 1.82) is 0 Å². The Kier molecular flexibility index (Phi) is 2.88. The number of aryl methyl sites for hydroxylation is 4. The fourth-order valence-electron chi connectivity index (χ4n) is 2.12. The van der Waals surface area contributed by atoms with Gasteiger partial charge in [0.2, 0.25) is 0 Å². The maximum atomic E-state index is 12.3. The first-order valence-electron chi connectivity index (χ1n) is 5.67. The molecule has 0 aliphatic heterocycles. The van der Waals surface area contributed by atoms with Gasteiger partial charge in [-0.25, -0.2) is 0 Å². The van der Waals surface area contributed by atoms with Gasteiger partial charge in [-0.15, -0.1) is 0 Å². The van der Waals surface area contributed by atoms with Gasteiger partial charge in [0.1, 0.15) is 11.5 Å². The van der Waals surface area contributed by atoms with Gasteiger partial charge >= 0.3 is 0 Å². The highest BCUT2D eigenvalue weighted by molar-refractivity contribution is 6.09. The van der Waals surface area contributed by atoms with Gasteiger partial charge in [-0.05, 0) is 45.9 Å². The average molecular weight is 228 g/mol. The number of furan rings is 1. The lowest BCUT2D eigenvalue weighted by Crippen LogP contribution is -2.02. The van der Waals surface area contributed by atoms with Crippen LogP contribution in [0.15, 0.2) is 28.7 Å². The van der Waals surface area contributed by atoms with Crippen LogP contribution in [0, 0.1) is 27.7 Å². The summed E-state index contributed by atoms with van der Waals surface area (Å²) in [4.78, 5) is 12.3. The molecule has 0 aliphatic carbocycles. The Hall–Kier alpha value is -1.83. The van der Waals surface area contributed by atoms with Crippen LogP contribution in [0.4, 0.5) is 0 Å². The third-order valence-electron chi connectivity index (χ3n) is 2.77. The Morgan fingerprint density at radius 2 is 1.53 bits per heavy atom. The van der Waals surface area contributed by atoms with Crippen LogP contribution in [0.3, 0.4) is 0 Å². The Labute approximate surface area is 101 Å². The van der Waals surface area contributed by atoms with E-state index in [2.05, 4.69) is 6.07 Å². The fourth-order valence-corrected chi connectivity index (χ4v) is 2.12. The number of benzene rings is 1. The van der Waals surface area contributed by atoms with E-state index >= 15 is 0 Å². The SMILES string of the molecule is Cc1cc(C)cc(C(=O)c2cc(C)oc2C)c1. The van der Waals surface area contributed by atoms with E-state index in [0.717, 1.165) is 22.5 Å². The molecule has 0 bridgehead atoms. The smallest absolute Gasteiger partial charge is 0.196 e. The number of ketones is 1. The van der Waals surface area contributed by atoms with Crippen LogP contribution < -0.4 is 0 Å². The molecule has 0 fully saturated rings. The standard InChI is InChI=1S/C15H16O2/c1-9-5-10(2)7-13(6-9)15(16)14-8-11(3)17-12(14)4/h5-8H,1-4H3. The second-order valence-corrected chi connectivity index (χ2v) is 4.53. The van der Waals surface area contributed by atoms with Gasteiger partial charge in [0.25, 0.3) is 0 Å². The zero-order chi connectivity index (χ0) is 12.6. The summed E-state index contributed by atoms with van der Waals surface area (Å²) in [6, 6.07) is 7.69. The summed E-state index contributed by atoms with van der Waals surface area (Å²) in [6.07, 6.45) is 0. The molecule has 2 rings (SSSR count). The lowest BCUT2D eigenvalue weighted by atomic mass is 10.00. The van der Waals surface area contributed by atoms with Gasteiger partial charge in [-0.3, -0.25) is 4.79 Å². The van der Waals surface area contributed by atoms with Crippen molar-refractivity contribution in [2.24, 2.45) is 0 Å². The molecule has 0 saturated carbocycles.